The summed E-state index contributed by atoms with van der Waals surface area (Å²) in [6, 6.07) is 13.8. The van der Waals surface area contributed by atoms with Gasteiger partial charge >= 0.3 is 0 Å². The van der Waals surface area contributed by atoms with Gasteiger partial charge in [0.1, 0.15) is 0 Å². The van der Waals surface area contributed by atoms with Gasteiger partial charge in [0.15, 0.2) is 23.9 Å². The molecule has 0 fully saturated rings. The van der Waals surface area contributed by atoms with Crippen molar-refractivity contribution < 1.29 is 19.1 Å². The van der Waals surface area contributed by atoms with Crippen LogP contribution in [0.25, 0.3) is 0 Å². The van der Waals surface area contributed by atoms with Crippen LogP contribution in [0.3, 0.4) is 0 Å². The maximum atomic E-state index is 11.9. The quantitative estimate of drug-likeness (QED) is 0.833. The average molecular weight is 299 g/mol. The Morgan fingerprint density at radius 1 is 1.00 bits per heavy atom. The Morgan fingerprint density at radius 3 is 2.23 bits per heavy atom. The molecule has 0 spiro atoms. The molecular weight excluding hydrogens is 282 g/mol. The molecule has 0 aliphatic carbocycles. The van der Waals surface area contributed by atoms with Crippen molar-refractivity contribution in [2.75, 3.05) is 19.0 Å². The van der Waals surface area contributed by atoms with Crippen molar-refractivity contribution in [1.29, 1.82) is 0 Å². The highest BCUT2D eigenvalue weighted by Crippen LogP contribution is 2.25. The third kappa shape index (κ3) is 4.09. The van der Waals surface area contributed by atoms with E-state index in [4.69, 9.17) is 9.47 Å². The molecule has 0 heterocycles. The topological polar surface area (TPSA) is 64.6 Å². The number of hydrogen-bond donors (Lipinski definition) is 1. The van der Waals surface area contributed by atoms with Gasteiger partial charge in [-0.2, -0.15) is 0 Å². The second-order valence-corrected chi connectivity index (χ2v) is 4.62. The number of nitrogens with one attached hydrogen (secondary N) is 1. The molecule has 1 N–H and O–H groups in total. The molecule has 2 aromatic rings. The number of carbonyl (C=O) groups is 2. The predicted octanol–water partition coefficient (Wildman–Crippen LogP) is 2.92. The van der Waals surface area contributed by atoms with E-state index in [0.29, 0.717) is 22.7 Å². The maximum absolute atomic E-state index is 11.9. The number of para-hydroxylation sites is 2. The second-order valence-electron chi connectivity index (χ2n) is 4.62. The van der Waals surface area contributed by atoms with Gasteiger partial charge in [-0.05, 0) is 43.3 Å². The van der Waals surface area contributed by atoms with E-state index in [-0.39, 0.29) is 18.3 Å². The summed E-state index contributed by atoms with van der Waals surface area (Å²) in [6.45, 7) is 1.36. The van der Waals surface area contributed by atoms with E-state index in [1.807, 2.05) is 6.07 Å². The summed E-state index contributed by atoms with van der Waals surface area (Å²) >= 11 is 0. The first-order valence-corrected chi connectivity index (χ1v) is 6.77. The molecule has 0 bridgehead atoms. The van der Waals surface area contributed by atoms with Crippen LogP contribution in [0.5, 0.6) is 11.5 Å². The highest BCUT2D eigenvalue weighted by atomic mass is 16.5. The lowest BCUT2D eigenvalue weighted by Crippen LogP contribution is -2.20. The molecule has 5 heteroatoms. The van der Waals surface area contributed by atoms with Crippen LogP contribution in [0.4, 0.5) is 5.69 Å². The van der Waals surface area contributed by atoms with Crippen LogP contribution in [0, 0.1) is 0 Å². The first kappa shape index (κ1) is 15.6. The molecule has 0 radical (unpaired) electrons. The van der Waals surface area contributed by atoms with Crippen molar-refractivity contribution in [3.8, 4) is 11.5 Å². The minimum atomic E-state index is -0.290. The Labute approximate surface area is 128 Å². The van der Waals surface area contributed by atoms with Crippen LogP contribution in [0.1, 0.15) is 17.3 Å². The largest absolute Gasteiger partial charge is 0.493 e. The van der Waals surface area contributed by atoms with Gasteiger partial charge < -0.3 is 14.8 Å². The smallest absolute Gasteiger partial charge is 0.262 e. The van der Waals surface area contributed by atoms with Gasteiger partial charge in [0.25, 0.3) is 5.91 Å². The molecule has 0 atom stereocenters. The van der Waals surface area contributed by atoms with Gasteiger partial charge in [0.2, 0.25) is 0 Å². The van der Waals surface area contributed by atoms with Gasteiger partial charge in [-0.15, -0.1) is 0 Å². The highest BCUT2D eigenvalue weighted by molar-refractivity contribution is 5.95. The first-order valence-electron chi connectivity index (χ1n) is 6.77. The molecule has 0 saturated carbocycles. The summed E-state index contributed by atoms with van der Waals surface area (Å²) in [5.41, 5.74) is 1.21. The minimum Gasteiger partial charge on any atom is -0.493 e. The zero-order valence-corrected chi connectivity index (χ0v) is 12.5. The molecule has 2 aromatic carbocycles. The third-order valence-electron chi connectivity index (χ3n) is 3.00. The standard InChI is InChI=1S/C17H17NO4/c1-12(19)13-7-9-14(10-8-13)18-17(20)11-22-16-6-4-3-5-15(16)21-2/h3-10H,11H2,1-2H3,(H,18,20). The number of amides is 1. The Balaban J connectivity index is 1.91. The monoisotopic (exact) mass is 299 g/mol. The second kappa shape index (κ2) is 7.26. The van der Waals surface area contributed by atoms with E-state index < -0.39 is 0 Å². The number of Topliss-reactive ketones (excluding diaryl/α,β-unsaturated/α-hetero) is 1. The number of carbonyl (C=O) groups excluding carboxylic acids is 2. The number of anilines is 1. The van der Waals surface area contributed by atoms with Gasteiger partial charge in [0.05, 0.1) is 7.11 Å². The molecule has 1 amide bonds. The van der Waals surface area contributed by atoms with Crippen molar-refractivity contribution >= 4 is 17.4 Å². The van der Waals surface area contributed by atoms with Crippen LogP contribution >= 0.6 is 0 Å². The van der Waals surface area contributed by atoms with Gasteiger partial charge in [-0.1, -0.05) is 12.1 Å². The van der Waals surface area contributed by atoms with Gasteiger partial charge in [0, 0.05) is 11.3 Å². The van der Waals surface area contributed by atoms with E-state index in [1.165, 1.54) is 6.92 Å². The molecule has 0 aliphatic rings. The fourth-order valence-corrected chi connectivity index (χ4v) is 1.87. The van der Waals surface area contributed by atoms with Crippen molar-refractivity contribution in [2.45, 2.75) is 6.92 Å². The van der Waals surface area contributed by atoms with E-state index >= 15 is 0 Å². The molecule has 114 valence electrons. The number of ether oxygens (including phenoxy) is 2. The SMILES string of the molecule is COc1ccccc1OCC(=O)Nc1ccc(C(C)=O)cc1. The van der Waals surface area contributed by atoms with Crippen LogP contribution in [0.2, 0.25) is 0 Å². The molecule has 5 nitrogen and oxygen atoms in total. The molecule has 0 saturated heterocycles. The summed E-state index contributed by atoms with van der Waals surface area (Å²) in [4.78, 5) is 23.0. The Hall–Kier alpha value is -2.82. The minimum absolute atomic E-state index is 0.0163. The zero-order chi connectivity index (χ0) is 15.9. The molecular formula is C17H17NO4. The number of benzene rings is 2. The molecule has 22 heavy (non-hydrogen) atoms. The lowest BCUT2D eigenvalue weighted by Gasteiger charge is -2.10. The fraction of sp³-hybridized carbons (Fsp3) is 0.176. The first-order chi connectivity index (χ1) is 10.6. The summed E-state index contributed by atoms with van der Waals surface area (Å²) in [5, 5.41) is 2.70. The highest BCUT2D eigenvalue weighted by Gasteiger charge is 2.07. The van der Waals surface area contributed by atoms with E-state index in [9.17, 15) is 9.59 Å². The Bertz CT molecular complexity index is 665. The van der Waals surface area contributed by atoms with Gasteiger partial charge in [-0.25, -0.2) is 0 Å². The molecule has 0 aliphatic heterocycles. The predicted molar refractivity (Wildman–Crippen MR) is 83.6 cm³/mol. The van der Waals surface area contributed by atoms with Crippen LogP contribution in [-0.4, -0.2) is 25.4 Å². The van der Waals surface area contributed by atoms with Crippen LogP contribution in [0.15, 0.2) is 48.5 Å². The Morgan fingerprint density at radius 2 is 1.64 bits per heavy atom. The van der Waals surface area contributed by atoms with E-state index in [2.05, 4.69) is 5.32 Å². The van der Waals surface area contributed by atoms with Crippen molar-refractivity contribution in [3.63, 3.8) is 0 Å². The number of methoxy groups -OCH3 is 1. The molecule has 0 aromatic heterocycles. The lowest BCUT2D eigenvalue weighted by molar-refractivity contribution is -0.118. The molecule has 0 unspecified atom stereocenters. The average Bonchev–Trinajstić information content (AvgIpc) is 2.53. The van der Waals surface area contributed by atoms with Gasteiger partial charge in [-0.3, -0.25) is 9.59 Å². The van der Waals surface area contributed by atoms with Crippen LogP contribution < -0.4 is 14.8 Å². The third-order valence-corrected chi connectivity index (χ3v) is 3.00. The van der Waals surface area contributed by atoms with E-state index in [1.54, 1.807) is 49.6 Å². The summed E-state index contributed by atoms with van der Waals surface area (Å²) in [5.74, 6) is 0.770. The number of hydrogen-bond acceptors (Lipinski definition) is 4. The van der Waals surface area contributed by atoms with Crippen molar-refractivity contribution in [3.05, 3.63) is 54.1 Å². The fourth-order valence-electron chi connectivity index (χ4n) is 1.87. The lowest BCUT2D eigenvalue weighted by atomic mass is 10.1. The van der Waals surface area contributed by atoms with Crippen molar-refractivity contribution in [2.24, 2.45) is 0 Å². The van der Waals surface area contributed by atoms with Crippen LogP contribution in [-0.2, 0) is 4.79 Å². The molecule has 2 rings (SSSR count). The number of ketones is 1. The van der Waals surface area contributed by atoms with Crippen molar-refractivity contribution in [1.82, 2.24) is 0 Å². The van der Waals surface area contributed by atoms with E-state index in [0.717, 1.165) is 0 Å². The number of rotatable bonds is 6. The normalized spacial score (nSPS) is 9.91. The summed E-state index contributed by atoms with van der Waals surface area (Å²) in [6.07, 6.45) is 0. The zero-order valence-electron chi connectivity index (χ0n) is 12.5. The maximum Gasteiger partial charge on any atom is 0.262 e. The summed E-state index contributed by atoms with van der Waals surface area (Å²) < 4.78 is 10.6. The summed E-state index contributed by atoms with van der Waals surface area (Å²) in [7, 11) is 1.54. The Kier molecular flexibility index (Phi) is 5.14.